The molecule has 0 saturated carbocycles. The van der Waals surface area contributed by atoms with Gasteiger partial charge >= 0.3 is 5.97 Å². The number of carbonyl (C=O) groups excluding carboxylic acids is 2. The van der Waals surface area contributed by atoms with Crippen LogP contribution in [0.25, 0.3) is 0 Å². The van der Waals surface area contributed by atoms with Gasteiger partial charge < -0.3 is 14.6 Å². The SMILES string of the molecule is Cc1ccc(S(=O)(=O)Cc2nnc(SCC(=O)Nc3ccc(C(=O)OC(C)C)cc3)n2C)cc1. The van der Waals surface area contributed by atoms with Gasteiger partial charge in [0, 0.05) is 12.7 Å². The summed E-state index contributed by atoms with van der Waals surface area (Å²) in [5.74, 6) is -0.663. The van der Waals surface area contributed by atoms with Crippen LogP contribution in [0.1, 0.15) is 35.6 Å². The van der Waals surface area contributed by atoms with Crippen molar-refractivity contribution in [1.82, 2.24) is 14.8 Å². The molecule has 2 aromatic carbocycles. The Hall–Kier alpha value is -3.18. The molecule has 34 heavy (non-hydrogen) atoms. The quantitative estimate of drug-likeness (QED) is 0.349. The van der Waals surface area contributed by atoms with Gasteiger partial charge in [0.25, 0.3) is 0 Å². The van der Waals surface area contributed by atoms with E-state index in [9.17, 15) is 18.0 Å². The summed E-state index contributed by atoms with van der Waals surface area (Å²) in [5.41, 5.74) is 1.90. The number of hydrogen-bond acceptors (Lipinski definition) is 8. The molecular weight excluding hydrogens is 476 g/mol. The lowest BCUT2D eigenvalue weighted by Crippen LogP contribution is -2.15. The highest BCUT2D eigenvalue weighted by Crippen LogP contribution is 2.20. The van der Waals surface area contributed by atoms with Crippen molar-refractivity contribution in [2.45, 2.75) is 42.7 Å². The summed E-state index contributed by atoms with van der Waals surface area (Å²) < 4.78 is 32.1. The summed E-state index contributed by atoms with van der Waals surface area (Å²) in [5, 5.41) is 11.2. The minimum atomic E-state index is -3.57. The van der Waals surface area contributed by atoms with E-state index in [2.05, 4.69) is 15.5 Å². The average molecular weight is 503 g/mol. The monoisotopic (exact) mass is 502 g/mol. The Morgan fingerprint density at radius 1 is 1.06 bits per heavy atom. The lowest BCUT2D eigenvalue weighted by atomic mass is 10.2. The summed E-state index contributed by atoms with van der Waals surface area (Å²) in [6, 6.07) is 13.0. The van der Waals surface area contributed by atoms with Crippen LogP contribution in [0.5, 0.6) is 0 Å². The van der Waals surface area contributed by atoms with Gasteiger partial charge in [-0.25, -0.2) is 13.2 Å². The maximum Gasteiger partial charge on any atom is 0.338 e. The van der Waals surface area contributed by atoms with Gasteiger partial charge in [-0.2, -0.15) is 0 Å². The van der Waals surface area contributed by atoms with Crippen molar-refractivity contribution in [2.75, 3.05) is 11.1 Å². The van der Waals surface area contributed by atoms with Gasteiger partial charge in [0.15, 0.2) is 15.0 Å². The number of nitrogens with zero attached hydrogens (tertiary/aromatic N) is 3. The van der Waals surface area contributed by atoms with Crippen molar-refractivity contribution < 1.29 is 22.7 Å². The minimum absolute atomic E-state index is 0.0494. The highest BCUT2D eigenvalue weighted by molar-refractivity contribution is 7.99. The van der Waals surface area contributed by atoms with Crippen molar-refractivity contribution in [3.05, 3.63) is 65.5 Å². The molecular formula is C23H26N4O5S2. The van der Waals surface area contributed by atoms with Crippen LogP contribution in [0, 0.1) is 6.92 Å². The smallest absolute Gasteiger partial charge is 0.338 e. The van der Waals surface area contributed by atoms with Gasteiger partial charge in [-0.15, -0.1) is 10.2 Å². The zero-order valence-corrected chi connectivity index (χ0v) is 20.9. The molecule has 0 unspecified atom stereocenters. The number of aryl methyl sites for hydroxylation is 1. The van der Waals surface area contributed by atoms with Gasteiger partial charge in [-0.05, 0) is 57.2 Å². The number of esters is 1. The van der Waals surface area contributed by atoms with E-state index in [1.165, 1.54) is 0 Å². The second-order valence-corrected chi connectivity index (χ2v) is 10.8. The second kappa shape index (κ2) is 10.8. The number of amides is 1. The number of aromatic nitrogens is 3. The molecule has 3 aromatic rings. The summed E-state index contributed by atoms with van der Waals surface area (Å²) in [7, 11) is -1.91. The highest BCUT2D eigenvalue weighted by atomic mass is 32.2. The van der Waals surface area contributed by atoms with Gasteiger partial charge in [-0.3, -0.25) is 4.79 Å². The van der Waals surface area contributed by atoms with E-state index in [1.54, 1.807) is 74.0 Å². The zero-order chi connectivity index (χ0) is 24.9. The lowest BCUT2D eigenvalue weighted by molar-refractivity contribution is -0.113. The first-order valence-electron chi connectivity index (χ1n) is 10.5. The molecule has 1 heterocycles. The molecule has 0 bridgehead atoms. The zero-order valence-electron chi connectivity index (χ0n) is 19.3. The third kappa shape index (κ3) is 6.67. The molecule has 0 radical (unpaired) electrons. The number of benzene rings is 2. The van der Waals surface area contributed by atoms with Crippen LogP contribution in [0.3, 0.4) is 0 Å². The minimum Gasteiger partial charge on any atom is -0.459 e. The molecule has 0 spiro atoms. The molecule has 3 rings (SSSR count). The molecule has 180 valence electrons. The molecule has 1 amide bonds. The van der Waals surface area contributed by atoms with Crippen molar-refractivity contribution in [1.29, 1.82) is 0 Å². The highest BCUT2D eigenvalue weighted by Gasteiger charge is 2.20. The first-order valence-corrected chi connectivity index (χ1v) is 13.1. The van der Waals surface area contributed by atoms with Crippen LogP contribution >= 0.6 is 11.8 Å². The van der Waals surface area contributed by atoms with Crippen LogP contribution in [0.2, 0.25) is 0 Å². The summed E-state index contributed by atoms with van der Waals surface area (Å²) in [6.07, 6.45) is -0.215. The number of carbonyl (C=O) groups is 2. The van der Waals surface area contributed by atoms with Gasteiger partial charge in [-0.1, -0.05) is 29.5 Å². The van der Waals surface area contributed by atoms with E-state index in [-0.39, 0.29) is 34.2 Å². The number of anilines is 1. The maximum absolute atomic E-state index is 12.7. The number of ether oxygens (including phenoxy) is 1. The molecule has 0 aliphatic carbocycles. The number of sulfone groups is 1. The van der Waals surface area contributed by atoms with Crippen molar-refractivity contribution in [3.8, 4) is 0 Å². The van der Waals surface area contributed by atoms with E-state index in [4.69, 9.17) is 4.74 Å². The fourth-order valence-corrected chi connectivity index (χ4v) is 4.93. The molecule has 0 aliphatic heterocycles. The van der Waals surface area contributed by atoms with Crippen LogP contribution in [0.4, 0.5) is 5.69 Å². The Morgan fingerprint density at radius 3 is 2.32 bits per heavy atom. The van der Waals surface area contributed by atoms with Gasteiger partial charge in [0.2, 0.25) is 5.91 Å². The van der Waals surface area contributed by atoms with Crippen LogP contribution in [-0.4, -0.2) is 46.9 Å². The predicted molar refractivity (Wildman–Crippen MR) is 129 cm³/mol. The lowest BCUT2D eigenvalue weighted by Gasteiger charge is -2.09. The van der Waals surface area contributed by atoms with E-state index < -0.39 is 15.8 Å². The van der Waals surface area contributed by atoms with Crippen LogP contribution in [0.15, 0.2) is 58.6 Å². The number of thioether (sulfide) groups is 1. The van der Waals surface area contributed by atoms with E-state index in [1.807, 2.05) is 6.92 Å². The Labute approximate surface area is 202 Å². The number of hydrogen-bond donors (Lipinski definition) is 1. The summed E-state index contributed by atoms with van der Waals surface area (Å²) in [4.78, 5) is 24.5. The number of rotatable bonds is 9. The first kappa shape index (κ1) is 25.4. The Kier molecular flexibility index (Phi) is 8.11. The molecule has 1 N–H and O–H groups in total. The normalized spacial score (nSPS) is 11.4. The van der Waals surface area contributed by atoms with Gasteiger partial charge in [0.1, 0.15) is 11.6 Å². The van der Waals surface area contributed by atoms with E-state index >= 15 is 0 Å². The molecule has 0 fully saturated rings. The Balaban J connectivity index is 1.56. The second-order valence-electron chi connectivity index (χ2n) is 7.90. The first-order chi connectivity index (χ1) is 16.0. The fourth-order valence-electron chi connectivity index (χ4n) is 2.89. The third-order valence-electron chi connectivity index (χ3n) is 4.70. The molecule has 0 aliphatic rings. The van der Waals surface area contributed by atoms with Crippen molar-refractivity contribution in [2.24, 2.45) is 7.05 Å². The Morgan fingerprint density at radius 2 is 1.71 bits per heavy atom. The number of nitrogens with one attached hydrogen (secondary N) is 1. The standard InChI is InChI=1S/C23H26N4O5S2/c1-15(2)32-22(29)17-7-9-18(10-8-17)24-21(28)13-33-23-26-25-20(27(23)4)14-34(30,31)19-11-5-16(3)6-12-19/h5-12,15H,13-14H2,1-4H3,(H,24,28). The van der Waals surface area contributed by atoms with Crippen LogP contribution in [-0.2, 0) is 32.2 Å². The van der Waals surface area contributed by atoms with Crippen molar-refractivity contribution in [3.63, 3.8) is 0 Å². The predicted octanol–water partition coefficient (Wildman–Crippen LogP) is 3.39. The molecule has 9 nitrogen and oxygen atoms in total. The third-order valence-corrected chi connectivity index (χ3v) is 7.35. The summed E-state index contributed by atoms with van der Waals surface area (Å²) >= 11 is 1.14. The Bertz CT molecular complexity index is 1270. The average Bonchev–Trinajstić information content (AvgIpc) is 3.11. The van der Waals surface area contributed by atoms with Crippen LogP contribution < -0.4 is 5.32 Å². The van der Waals surface area contributed by atoms with E-state index in [0.29, 0.717) is 16.4 Å². The largest absolute Gasteiger partial charge is 0.459 e. The van der Waals surface area contributed by atoms with Crippen molar-refractivity contribution >= 4 is 39.2 Å². The topological polar surface area (TPSA) is 120 Å². The van der Waals surface area contributed by atoms with Gasteiger partial charge in [0.05, 0.1) is 22.3 Å². The molecule has 11 heteroatoms. The van der Waals surface area contributed by atoms with E-state index in [0.717, 1.165) is 17.3 Å². The fraction of sp³-hybridized carbons (Fsp3) is 0.304. The maximum atomic E-state index is 12.7. The summed E-state index contributed by atoms with van der Waals surface area (Å²) in [6.45, 7) is 5.43. The molecule has 0 saturated heterocycles. The molecule has 0 atom stereocenters. The molecule has 1 aromatic heterocycles.